The Morgan fingerprint density at radius 1 is 1.28 bits per heavy atom. The van der Waals surface area contributed by atoms with Gasteiger partial charge in [-0.1, -0.05) is 19.1 Å². The Morgan fingerprint density at radius 3 is 2.83 bits per heavy atom. The molecule has 1 aromatic heterocycles. The first-order chi connectivity index (χ1) is 14.1. The van der Waals surface area contributed by atoms with Crippen molar-refractivity contribution in [3.8, 4) is 5.75 Å². The molecular formula is C23H26N2O3S. The average molecular weight is 411 g/mol. The van der Waals surface area contributed by atoms with Crippen molar-refractivity contribution >= 4 is 27.3 Å². The number of fused-ring (bicyclic) bond motifs is 1. The molecule has 2 unspecified atom stereocenters. The molecule has 0 aliphatic carbocycles. The fourth-order valence-electron chi connectivity index (χ4n) is 3.81. The Balaban J connectivity index is 1.33. The summed E-state index contributed by atoms with van der Waals surface area (Å²) >= 11 is 1.75. The molecule has 0 bridgehead atoms. The van der Waals surface area contributed by atoms with E-state index in [4.69, 9.17) is 9.72 Å². The number of Topliss-reactive ketones (excluding diaryl/α,β-unsaturated/α-hetero) is 1. The highest BCUT2D eigenvalue weighted by atomic mass is 32.1. The summed E-state index contributed by atoms with van der Waals surface area (Å²) in [5.41, 5.74) is 1.74. The van der Waals surface area contributed by atoms with E-state index in [1.165, 1.54) is 4.70 Å². The number of carbonyl (C=O) groups is 1. The number of para-hydroxylation sites is 1. The molecule has 2 atom stereocenters. The van der Waals surface area contributed by atoms with Crippen LogP contribution in [0.5, 0.6) is 5.75 Å². The Labute approximate surface area is 175 Å². The quantitative estimate of drug-likeness (QED) is 0.555. The molecule has 2 aromatic carbocycles. The molecule has 3 aromatic rings. The Hall–Kier alpha value is -2.28. The zero-order chi connectivity index (χ0) is 20.2. The molecule has 0 radical (unpaired) electrons. The van der Waals surface area contributed by atoms with Gasteiger partial charge in [0.2, 0.25) is 0 Å². The molecule has 2 heterocycles. The summed E-state index contributed by atoms with van der Waals surface area (Å²) < 4.78 is 6.95. The maximum atomic E-state index is 11.7. The highest BCUT2D eigenvalue weighted by molar-refractivity contribution is 7.18. The van der Waals surface area contributed by atoms with Gasteiger partial charge in [-0.2, -0.15) is 0 Å². The number of aliphatic hydroxyl groups is 1. The van der Waals surface area contributed by atoms with Crippen LogP contribution in [0.15, 0.2) is 48.5 Å². The van der Waals surface area contributed by atoms with E-state index < -0.39 is 6.10 Å². The first kappa shape index (κ1) is 20.0. The molecule has 1 aliphatic rings. The molecule has 6 heteroatoms. The molecule has 4 rings (SSSR count). The number of aliphatic hydroxyl groups excluding tert-OH is 1. The van der Waals surface area contributed by atoms with Crippen LogP contribution in [0, 0.1) is 0 Å². The van der Waals surface area contributed by atoms with Gasteiger partial charge in [-0.3, -0.25) is 9.69 Å². The summed E-state index contributed by atoms with van der Waals surface area (Å²) in [5.74, 6) is 0.785. The van der Waals surface area contributed by atoms with Gasteiger partial charge in [-0.15, -0.1) is 11.3 Å². The number of rotatable bonds is 8. The summed E-state index contributed by atoms with van der Waals surface area (Å²) in [4.78, 5) is 18.8. The minimum atomic E-state index is -0.582. The minimum Gasteiger partial charge on any atom is -0.491 e. The second-order valence-corrected chi connectivity index (χ2v) is 8.50. The van der Waals surface area contributed by atoms with E-state index in [0.717, 1.165) is 29.9 Å². The van der Waals surface area contributed by atoms with Crippen LogP contribution in [0.1, 0.15) is 47.6 Å². The molecule has 5 nitrogen and oxygen atoms in total. The van der Waals surface area contributed by atoms with Crippen molar-refractivity contribution in [3.63, 3.8) is 0 Å². The third-order valence-corrected chi connectivity index (χ3v) is 6.48. The van der Waals surface area contributed by atoms with E-state index in [1.807, 2.05) is 19.1 Å². The Bertz CT molecular complexity index is 937. The fourth-order valence-corrected chi connectivity index (χ4v) is 4.95. The van der Waals surface area contributed by atoms with Crippen LogP contribution in [-0.2, 0) is 0 Å². The van der Waals surface area contributed by atoms with Gasteiger partial charge in [0.15, 0.2) is 5.78 Å². The van der Waals surface area contributed by atoms with Gasteiger partial charge in [-0.05, 0) is 55.8 Å². The maximum absolute atomic E-state index is 11.7. The van der Waals surface area contributed by atoms with Crippen molar-refractivity contribution in [2.45, 2.75) is 38.3 Å². The smallest absolute Gasteiger partial charge is 0.162 e. The zero-order valence-electron chi connectivity index (χ0n) is 16.6. The van der Waals surface area contributed by atoms with Crippen LogP contribution in [0.3, 0.4) is 0 Å². The Kier molecular flexibility index (Phi) is 6.23. The van der Waals surface area contributed by atoms with Gasteiger partial charge < -0.3 is 9.84 Å². The first-order valence-electron chi connectivity index (χ1n) is 10.2. The number of β-amino-alcohol motifs (C(OH)–C–C–N with tert-alkyl or cyclic N) is 1. The van der Waals surface area contributed by atoms with Crippen LogP contribution in [-0.4, -0.2) is 46.6 Å². The summed E-state index contributed by atoms with van der Waals surface area (Å²) in [6.07, 6.45) is 2.09. The summed E-state index contributed by atoms with van der Waals surface area (Å²) in [7, 11) is 0. The van der Waals surface area contributed by atoms with Gasteiger partial charge in [0.1, 0.15) is 23.5 Å². The molecular weight excluding hydrogens is 384 g/mol. The van der Waals surface area contributed by atoms with Crippen molar-refractivity contribution in [3.05, 3.63) is 59.1 Å². The van der Waals surface area contributed by atoms with Crippen LogP contribution in [0.25, 0.3) is 10.2 Å². The maximum Gasteiger partial charge on any atom is 0.162 e. The van der Waals surface area contributed by atoms with Gasteiger partial charge in [-0.25, -0.2) is 4.98 Å². The van der Waals surface area contributed by atoms with Crippen LogP contribution in [0.4, 0.5) is 0 Å². The number of carbonyl (C=O) groups excluding carboxylic acids is 1. The molecule has 0 saturated carbocycles. The number of aromatic nitrogens is 1. The second kappa shape index (κ2) is 9.03. The lowest BCUT2D eigenvalue weighted by Crippen LogP contribution is -2.35. The monoisotopic (exact) mass is 410 g/mol. The van der Waals surface area contributed by atoms with E-state index in [2.05, 4.69) is 17.0 Å². The molecule has 1 fully saturated rings. The van der Waals surface area contributed by atoms with Crippen molar-refractivity contribution in [1.82, 2.24) is 9.88 Å². The van der Waals surface area contributed by atoms with Crippen LogP contribution < -0.4 is 4.74 Å². The largest absolute Gasteiger partial charge is 0.491 e. The third kappa shape index (κ3) is 4.66. The third-order valence-electron chi connectivity index (χ3n) is 5.34. The number of hydrogen-bond donors (Lipinski definition) is 1. The van der Waals surface area contributed by atoms with Crippen molar-refractivity contribution in [2.24, 2.45) is 0 Å². The lowest BCUT2D eigenvalue weighted by Gasteiger charge is -2.25. The summed E-state index contributed by atoms with van der Waals surface area (Å²) in [6.45, 7) is 3.60. The van der Waals surface area contributed by atoms with E-state index >= 15 is 0 Å². The van der Waals surface area contributed by atoms with E-state index in [-0.39, 0.29) is 18.4 Å². The number of ether oxygens (including phenoxy) is 1. The van der Waals surface area contributed by atoms with E-state index in [1.54, 1.807) is 35.6 Å². The Morgan fingerprint density at radius 2 is 2.07 bits per heavy atom. The number of nitrogens with zero attached hydrogens (tertiary/aromatic N) is 2. The number of ketones is 1. The van der Waals surface area contributed by atoms with Crippen molar-refractivity contribution in [2.75, 3.05) is 19.7 Å². The van der Waals surface area contributed by atoms with Crippen molar-refractivity contribution < 1.29 is 14.6 Å². The number of likely N-dealkylation sites (tertiary alicyclic amines) is 1. The van der Waals surface area contributed by atoms with Gasteiger partial charge in [0.05, 0.1) is 16.3 Å². The molecule has 0 spiro atoms. The molecule has 152 valence electrons. The summed E-state index contributed by atoms with van der Waals surface area (Å²) in [5, 5.41) is 11.7. The van der Waals surface area contributed by atoms with Crippen molar-refractivity contribution in [1.29, 1.82) is 0 Å². The van der Waals surface area contributed by atoms with Crippen LogP contribution >= 0.6 is 11.3 Å². The summed E-state index contributed by atoms with van der Waals surface area (Å²) in [6, 6.07) is 15.6. The molecule has 1 saturated heterocycles. The van der Waals surface area contributed by atoms with Gasteiger partial charge in [0, 0.05) is 18.5 Å². The average Bonchev–Trinajstić information content (AvgIpc) is 3.38. The van der Waals surface area contributed by atoms with E-state index in [0.29, 0.717) is 24.3 Å². The number of hydrogen-bond acceptors (Lipinski definition) is 6. The molecule has 29 heavy (non-hydrogen) atoms. The highest BCUT2D eigenvalue weighted by Crippen LogP contribution is 2.36. The van der Waals surface area contributed by atoms with Gasteiger partial charge >= 0.3 is 0 Å². The fraction of sp³-hybridized carbons (Fsp3) is 0.391. The minimum absolute atomic E-state index is 0.117. The molecule has 0 amide bonds. The number of benzene rings is 2. The number of thiazole rings is 1. The lowest BCUT2D eigenvalue weighted by atomic mass is 10.1. The second-order valence-electron chi connectivity index (χ2n) is 7.44. The molecule has 1 aliphatic heterocycles. The molecule has 1 N–H and O–H groups in total. The SMILES string of the molecule is CCC(=O)c1ccc(OCC(O)CN2CCCC2c2nc3ccccc3s2)cc1. The highest BCUT2D eigenvalue weighted by Gasteiger charge is 2.30. The first-order valence-corrected chi connectivity index (χ1v) is 11.0. The topological polar surface area (TPSA) is 62.7 Å². The van der Waals surface area contributed by atoms with Gasteiger partial charge in [0.25, 0.3) is 0 Å². The standard InChI is InChI=1S/C23H26N2O3S/c1-2-21(27)16-9-11-18(12-10-16)28-15-17(26)14-25-13-5-7-20(25)23-24-19-6-3-4-8-22(19)29-23/h3-4,6,8-12,17,20,26H,2,5,7,13-15H2,1H3. The van der Waals surface area contributed by atoms with Crippen LogP contribution in [0.2, 0.25) is 0 Å². The normalized spacial score (nSPS) is 18.2. The van der Waals surface area contributed by atoms with E-state index in [9.17, 15) is 9.90 Å². The predicted octanol–water partition coefficient (Wildman–Crippen LogP) is 4.47. The lowest BCUT2D eigenvalue weighted by molar-refractivity contribution is 0.0638. The predicted molar refractivity (Wildman–Crippen MR) is 116 cm³/mol. The zero-order valence-corrected chi connectivity index (χ0v) is 17.4.